The summed E-state index contributed by atoms with van der Waals surface area (Å²) >= 11 is 0. The van der Waals surface area contributed by atoms with Crippen LogP contribution in [-0.2, 0) is 0 Å². The molecular formula is C19H25N3O3. The second-order valence-electron chi connectivity index (χ2n) is 6.79. The van der Waals surface area contributed by atoms with E-state index >= 15 is 0 Å². The molecule has 2 amide bonds. The van der Waals surface area contributed by atoms with Crippen LogP contribution in [0.3, 0.4) is 0 Å². The summed E-state index contributed by atoms with van der Waals surface area (Å²) in [5.41, 5.74) is 1.52. The summed E-state index contributed by atoms with van der Waals surface area (Å²) in [7, 11) is 0. The number of anilines is 1. The zero-order valence-corrected chi connectivity index (χ0v) is 14.8. The fraction of sp³-hybridized carbons (Fsp3) is 0.474. The van der Waals surface area contributed by atoms with Gasteiger partial charge in [-0.1, -0.05) is 13.0 Å². The lowest BCUT2D eigenvalue weighted by Gasteiger charge is -2.40. The number of carbonyl (C=O) groups is 1. The van der Waals surface area contributed by atoms with Crippen molar-refractivity contribution in [1.82, 2.24) is 9.88 Å². The van der Waals surface area contributed by atoms with Crippen molar-refractivity contribution >= 4 is 11.7 Å². The van der Waals surface area contributed by atoms with Gasteiger partial charge in [-0.05, 0) is 49.8 Å². The number of piperidine rings is 1. The van der Waals surface area contributed by atoms with Gasteiger partial charge in [0, 0.05) is 30.9 Å². The van der Waals surface area contributed by atoms with Crippen molar-refractivity contribution in [2.45, 2.75) is 33.1 Å². The number of benzene rings is 1. The van der Waals surface area contributed by atoms with Gasteiger partial charge in [-0.15, -0.1) is 0 Å². The van der Waals surface area contributed by atoms with Crippen LogP contribution in [0.5, 0.6) is 0 Å². The third kappa shape index (κ3) is 3.85. The molecule has 2 heterocycles. The van der Waals surface area contributed by atoms with Gasteiger partial charge in [-0.2, -0.15) is 0 Å². The molecule has 0 bridgehead atoms. The Morgan fingerprint density at radius 3 is 2.76 bits per heavy atom. The van der Waals surface area contributed by atoms with Gasteiger partial charge in [-0.25, -0.2) is 9.78 Å². The first-order valence-electron chi connectivity index (χ1n) is 8.75. The molecule has 0 aliphatic carbocycles. The molecule has 3 rings (SSSR count). The molecule has 25 heavy (non-hydrogen) atoms. The maximum atomic E-state index is 12.5. The van der Waals surface area contributed by atoms with Crippen LogP contribution in [0, 0.1) is 12.3 Å². The molecule has 1 aromatic heterocycles. The number of urea groups is 1. The molecule has 6 nitrogen and oxygen atoms in total. The molecule has 1 fully saturated rings. The first-order valence-corrected chi connectivity index (χ1v) is 8.75. The minimum atomic E-state index is -0.108. The molecule has 2 aromatic rings. The minimum Gasteiger partial charge on any atom is -0.441 e. The Balaban J connectivity index is 1.64. The third-order valence-corrected chi connectivity index (χ3v) is 5.18. The summed E-state index contributed by atoms with van der Waals surface area (Å²) < 4.78 is 5.54. The highest BCUT2D eigenvalue weighted by atomic mass is 16.4. The summed E-state index contributed by atoms with van der Waals surface area (Å²) in [4.78, 5) is 18.5. The van der Waals surface area contributed by atoms with E-state index in [4.69, 9.17) is 4.42 Å². The van der Waals surface area contributed by atoms with Crippen LogP contribution in [0.2, 0.25) is 0 Å². The number of carbonyl (C=O) groups excluding carboxylic acids is 1. The van der Waals surface area contributed by atoms with Gasteiger partial charge >= 0.3 is 6.03 Å². The lowest BCUT2D eigenvalue weighted by molar-refractivity contribution is 0.0542. The number of aliphatic hydroxyl groups excluding tert-OH is 1. The molecule has 0 spiro atoms. The third-order valence-electron chi connectivity index (χ3n) is 5.18. The average Bonchev–Trinajstić information content (AvgIpc) is 3.08. The number of hydrogen-bond donors (Lipinski definition) is 2. The van der Waals surface area contributed by atoms with E-state index in [0.29, 0.717) is 24.7 Å². The van der Waals surface area contributed by atoms with Crippen LogP contribution < -0.4 is 5.32 Å². The van der Waals surface area contributed by atoms with Crippen molar-refractivity contribution in [3.8, 4) is 11.5 Å². The largest absolute Gasteiger partial charge is 0.441 e. The lowest BCUT2D eigenvalue weighted by Crippen LogP contribution is -2.46. The van der Waals surface area contributed by atoms with Gasteiger partial charge in [0.25, 0.3) is 0 Å². The summed E-state index contributed by atoms with van der Waals surface area (Å²) in [6, 6.07) is 7.37. The second kappa shape index (κ2) is 7.27. The first-order chi connectivity index (χ1) is 12.0. The number of nitrogens with one attached hydrogen (secondary N) is 1. The van der Waals surface area contributed by atoms with Gasteiger partial charge in [0.2, 0.25) is 5.89 Å². The van der Waals surface area contributed by atoms with Crippen molar-refractivity contribution in [3.05, 3.63) is 36.2 Å². The van der Waals surface area contributed by atoms with Crippen LogP contribution in [0.1, 0.15) is 31.9 Å². The van der Waals surface area contributed by atoms with E-state index in [1.807, 2.05) is 36.1 Å². The molecule has 6 heteroatoms. The second-order valence-corrected chi connectivity index (χ2v) is 6.79. The highest BCUT2D eigenvalue weighted by Gasteiger charge is 2.33. The number of likely N-dealkylation sites (tertiary alicyclic amines) is 1. The molecule has 1 aliphatic rings. The predicted molar refractivity (Wildman–Crippen MR) is 96.3 cm³/mol. The molecule has 0 radical (unpaired) electrons. The van der Waals surface area contributed by atoms with Crippen LogP contribution in [0.4, 0.5) is 10.5 Å². The lowest BCUT2D eigenvalue weighted by atomic mass is 9.77. The maximum Gasteiger partial charge on any atom is 0.321 e. The van der Waals surface area contributed by atoms with Gasteiger partial charge < -0.3 is 19.7 Å². The molecule has 1 aliphatic heterocycles. The van der Waals surface area contributed by atoms with E-state index in [2.05, 4.69) is 17.2 Å². The van der Waals surface area contributed by atoms with Crippen LogP contribution in [0.15, 0.2) is 34.9 Å². The minimum absolute atomic E-state index is 0.0283. The number of aliphatic hydroxyl groups is 1. The Morgan fingerprint density at radius 2 is 2.16 bits per heavy atom. The Kier molecular flexibility index (Phi) is 5.08. The van der Waals surface area contributed by atoms with Crippen molar-refractivity contribution in [2.24, 2.45) is 5.41 Å². The van der Waals surface area contributed by atoms with Crippen molar-refractivity contribution in [1.29, 1.82) is 0 Å². The van der Waals surface area contributed by atoms with Gasteiger partial charge in [0.15, 0.2) is 0 Å². The van der Waals surface area contributed by atoms with E-state index in [1.54, 1.807) is 6.20 Å². The summed E-state index contributed by atoms with van der Waals surface area (Å²) in [6.07, 6.45) is 4.29. The molecule has 1 saturated heterocycles. The van der Waals surface area contributed by atoms with Crippen LogP contribution in [-0.4, -0.2) is 40.7 Å². The van der Waals surface area contributed by atoms with E-state index in [9.17, 15) is 9.90 Å². The van der Waals surface area contributed by atoms with Crippen molar-refractivity contribution in [3.63, 3.8) is 0 Å². The maximum absolute atomic E-state index is 12.5. The smallest absolute Gasteiger partial charge is 0.321 e. The summed E-state index contributed by atoms with van der Waals surface area (Å²) in [5, 5.41) is 12.6. The molecule has 0 atom stereocenters. The van der Waals surface area contributed by atoms with E-state index in [-0.39, 0.29) is 18.1 Å². The van der Waals surface area contributed by atoms with Crippen molar-refractivity contribution < 1.29 is 14.3 Å². The molecule has 134 valence electrons. The Morgan fingerprint density at radius 1 is 1.40 bits per heavy atom. The normalized spacial score (nSPS) is 16.7. The number of aromatic nitrogens is 1. The Bertz CT molecular complexity index is 727. The highest BCUT2D eigenvalue weighted by molar-refractivity contribution is 5.90. The quantitative estimate of drug-likeness (QED) is 0.888. The van der Waals surface area contributed by atoms with E-state index in [1.165, 1.54) is 0 Å². The Labute approximate surface area is 147 Å². The molecule has 0 saturated carbocycles. The average molecular weight is 343 g/mol. The van der Waals surface area contributed by atoms with Crippen LogP contribution in [0.25, 0.3) is 11.5 Å². The van der Waals surface area contributed by atoms with Crippen LogP contribution >= 0.6 is 0 Å². The van der Waals surface area contributed by atoms with Gasteiger partial charge in [-0.3, -0.25) is 0 Å². The molecule has 2 N–H and O–H groups in total. The number of aryl methyl sites for hydroxylation is 1. The highest BCUT2D eigenvalue weighted by Crippen LogP contribution is 2.34. The zero-order chi connectivity index (χ0) is 17.9. The Hall–Kier alpha value is -2.34. The summed E-state index contributed by atoms with van der Waals surface area (Å²) in [6.45, 7) is 5.47. The molecular weight excluding hydrogens is 318 g/mol. The number of hydrogen-bond acceptors (Lipinski definition) is 4. The monoisotopic (exact) mass is 343 g/mol. The topological polar surface area (TPSA) is 78.6 Å². The number of rotatable bonds is 4. The number of oxazole rings is 1. The van der Waals surface area contributed by atoms with E-state index in [0.717, 1.165) is 30.6 Å². The standard InChI is InChI=1S/C19H25N3O3/c1-3-19(13-23)7-9-22(10-8-19)18(24)21-16-6-4-5-15(11-16)17-20-12-14(2)25-17/h4-6,11-12,23H,3,7-10,13H2,1-2H3,(H,21,24). The molecule has 1 aromatic carbocycles. The zero-order valence-electron chi connectivity index (χ0n) is 14.8. The number of nitrogens with zero attached hydrogens (tertiary/aromatic N) is 2. The van der Waals surface area contributed by atoms with Gasteiger partial charge in [0.1, 0.15) is 5.76 Å². The summed E-state index contributed by atoms with van der Waals surface area (Å²) in [5.74, 6) is 1.29. The predicted octanol–water partition coefficient (Wildman–Crippen LogP) is 3.67. The first kappa shape index (κ1) is 17.5. The van der Waals surface area contributed by atoms with Crippen molar-refractivity contribution in [2.75, 3.05) is 25.0 Å². The fourth-order valence-corrected chi connectivity index (χ4v) is 3.23. The number of amides is 2. The molecule has 0 unspecified atom stereocenters. The fourth-order valence-electron chi connectivity index (χ4n) is 3.23. The van der Waals surface area contributed by atoms with Gasteiger partial charge in [0.05, 0.1) is 6.20 Å². The van der Waals surface area contributed by atoms with E-state index < -0.39 is 0 Å². The SMILES string of the molecule is CCC1(CO)CCN(C(=O)Nc2cccc(-c3ncc(C)o3)c2)CC1.